The van der Waals surface area contributed by atoms with Crippen LogP contribution >= 0.6 is 0 Å². The number of benzene rings is 5. The predicted molar refractivity (Wildman–Crippen MR) is 260 cm³/mol. The minimum Gasteiger partial charge on any atom is -0.497 e. The molecule has 7 aromatic rings. The molecule has 67 heavy (non-hydrogen) atoms. The fourth-order valence-corrected chi connectivity index (χ4v) is 14.2. The summed E-state index contributed by atoms with van der Waals surface area (Å²) < 4.78 is 36.3. The SMILES string of the molecule is COc1ccc(C(OC[C@H]2O[C@@H](n3ccc(N)nc3=O)C[C@@H]2O[Si](c2ccc(-c3ccc(Cn4cc(C(N)=O)nn4)cc3)cc2)(C(C)C)C(C)C)(c2ccccc2)c2ccc(OC)cc2)cc1. The molecule has 5 aromatic carbocycles. The Hall–Kier alpha value is -6.91. The van der Waals surface area contributed by atoms with Crippen LogP contribution in [0.1, 0.15) is 73.1 Å². The van der Waals surface area contributed by atoms with E-state index >= 15 is 0 Å². The monoisotopic (exact) mass is 919 g/mol. The lowest BCUT2D eigenvalue weighted by Gasteiger charge is -2.42. The average Bonchev–Trinajstić information content (AvgIpc) is 3.99. The number of aromatic nitrogens is 5. The van der Waals surface area contributed by atoms with Crippen LogP contribution in [-0.4, -0.2) is 71.8 Å². The maximum absolute atomic E-state index is 13.4. The molecular weight excluding hydrogens is 863 g/mol. The lowest BCUT2D eigenvalue weighted by atomic mass is 9.80. The smallest absolute Gasteiger partial charge is 0.351 e. The summed E-state index contributed by atoms with van der Waals surface area (Å²) in [7, 11) is 0.403. The van der Waals surface area contributed by atoms with E-state index in [4.69, 9.17) is 34.8 Å². The number of nitrogens with zero attached hydrogens (tertiary/aromatic N) is 5. The number of hydrogen-bond donors (Lipinski definition) is 2. The molecule has 0 spiro atoms. The van der Waals surface area contributed by atoms with Crippen LogP contribution in [0.3, 0.4) is 0 Å². The van der Waals surface area contributed by atoms with Crippen molar-refractivity contribution in [1.82, 2.24) is 24.5 Å². The van der Waals surface area contributed by atoms with Gasteiger partial charge in [-0.2, -0.15) is 4.98 Å². The number of carbonyl (C=O) groups excluding carboxylic acids is 1. The third-order valence-electron chi connectivity index (χ3n) is 12.8. The summed E-state index contributed by atoms with van der Waals surface area (Å²) in [5, 5.41) is 9.02. The minimum atomic E-state index is -2.89. The highest BCUT2D eigenvalue weighted by atomic mass is 28.4. The molecule has 1 saturated heterocycles. The lowest BCUT2D eigenvalue weighted by molar-refractivity contribution is -0.0926. The van der Waals surface area contributed by atoms with Crippen molar-refractivity contribution >= 4 is 25.2 Å². The Kier molecular flexibility index (Phi) is 13.8. The average molecular weight is 920 g/mol. The van der Waals surface area contributed by atoms with Gasteiger partial charge in [-0.15, -0.1) is 5.10 Å². The van der Waals surface area contributed by atoms with E-state index in [2.05, 4.69) is 91.5 Å². The van der Waals surface area contributed by atoms with E-state index in [0.717, 1.165) is 50.1 Å². The molecule has 346 valence electrons. The van der Waals surface area contributed by atoms with Crippen molar-refractivity contribution in [3.63, 3.8) is 0 Å². The zero-order valence-electron chi connectivity index (χ0n) is 38.6. The summed E-state index contributed by atoms with van der Waals surface area (Å²) in [6, 6.07) is 44.5. The van der Waals surface area contributed by atoms with E-state index < -0.39 is 44.0 Å². The van der Waals surface area contributed by atoms with Crippen molar-refractivity contribution in [2.24, 2.45) is 5.73 Å². The van der Waals surface area contributed by atoms with Crippen molar-refractivity contribution in [3.05, 3.63) is 184 Å². The summed E-state index contributed by atoms with van der Waals surface area (Å²) in [6.45, 7) is 9.50. The van der Waals surface area contributed by atoms with E-state index in [1.54, 1.807) is 37.4 Å². The van der Waals surface area contributed by atoms with Gasteiger partial charge in [0.2, 0.25) is 8.32 Å². The van der Waals surface area contributed by atoms with Crippen molar-refractivity contribution in [2.45, 2.75) is 75.8 Å². The van der Waals surface area contributed by atoms with Gasteiger partial charge in [-0.25, -0.2) is 9.48 Å². The van der Waals surface area contributed by atoms with Crippen molar-refractivity contribution in [1.29, 1.82) is 0 Å². The van der Waals surface area contributed by atoms with Gasteiger partial charge in [0.25, 0.3) is 5.91 Å². The Bertz CT molecular complexity index is 2760. The first kappa shape index (κ1) is 46.6. The number of anilines is 1. The number of rotatable bonds is 18. The molecule has 0 radical (unpaired) electrons. The van der Waals surface area contributed by atoms with E-state index in [9.17, 15) is 9.59 Å². The molecule has 1 fully saturated rings. The van der Waals surface area contributed by atoms with Crippen LogP contribution in [0.5, 0.6) is 11.5 Å². The number of nitrogens with two attached hydrogens (primary N) is 2. The first-order valence-electron chi connectivity index (χ1n) is 22.4. The molecular formula is C52H57N7O7Si. The molecule has 1 aliphatic heterocycles. The molecule has 0 bridgehead atoms. The standard InChI is InChI=1S/C52H57N7O7Si/c1-34(2)67(35(3)4,44-26-16-38(17-27-44)37-14-12-36(13-15-37)31-58-32-45(50(54)60)56-57-58)66-46-30-49(59-29-28-48(53)55-51(59)61)65-47(46)33-64-52(39-10-8-7-9-11-39,40-18-22-42(62-5)23-19-40)41-20-24-43(63-6)25-21-41/h7-29,32,34-35,46-47,49H,30-31,33H2,1-6H3,(H2,54,60)(H2,53,55,61)/t46-,47+,49+/m0/s1. The Morgan fingerprint density at radius 3 is 1.88 bits per heavy atom. The van der Waals surface area contributed by atoms with Gasteiger partial charge in [0.15, 0.2) is 5.69 Å². The number of methoxy groups -OCH3 is 2. The summed E-state index contributed by atoms with van der Waals surface area (Å²) in [5.74, 6) is 0.955. The molecule has 2 aromatic heterocycles. The van der Waals surface area contributed by atoms with Crippen LogP contribution in [-0.2, 0) is 26.0 Å². The number of primary amides is 1. The van der Waals surface area contributed by atoms with Gasteiger partial charge in [0, 0.05) is 12.6 Å². The molecule has 3 heterocycles. The molecule has 15 heteroatoms. The van der Waals surface area contributed by atoms with Gasteiger partial charge < -0.3 is 34.8 Å². The van der Waals surface area contributed by atoms with Gasteiger partial charge in [0.05, 0.1) is 39.7 Å². The van der Waals surface area contributed by atoms with Crippen LogP contribution < -0.4 is 31.8 Å². The summed E-state index contributed by atoms with van der Waals surface area (Å²) in [6.07, 6.45) is 1.76. The van der Waals surface area contributed by atoms with Gasteiger partial charge in [-0.1, -0.05) is 136 Å². The second-order valence-electron chi connectivity index (χ2n) is 17.4. The molecule has 4 N–H and O–H groups in total. The Labute approximate surface area is 391 Å². The number of ether oxygens (including phenoxy) is 4. The Morgan fingerprint density at radius 1 is 0.791 bits per heavy atom. The highest BCUT2D eigenvalue weighted by Gasteiger charge is 2.50. The number of carbonyl (C=O) groups is 1. The molecule has 1 amide bonds. The molecule has 14 nitrogen and oxygen atoms in total. The van der Waals surface area contributed by atoms with Crippen LogP contribution in [0.15, 0.2) is 151 Å². The number of hydrogen-bond acceptors (Lipinski definition) is 11. The highest BCUT2D eigenvalue weighted by molar-refractivity contribution is 6.88. The van der Waals surface area contributed by atoms with Crippen LogP contribution in [0.2, 0.25) is 11.1 Å². The molecule has 8 rings (SSSR count). The normalized spacial score (nSPS) is 16.4. The first-order chi connectivity index (χ1) is 32.3. The fourth-order valence-electron chi connectivity index (χ4n) is 9.40. The summed E-state index contributed by atoms with van der Waals surface area (Å²) in [4.78, 5) is 29.0. The summed E-state index contributed by atoms with van der Waals surface area (Å²) >= 11 is 0. The van der Waals surface area contributed by atoms with E-state index in [1.807, 2.05) is 78.9 Å². The molecule has 0 unspecified atom stereocenters. The highest BCUT2D eigenvalue weighted by Crippen LogP contribution is 2.44. The maximum Gasteiger partial charge on any atom is 0.351 e. The lowest BCUT2D eigenvalue weighted by Crippen LogP contribution is -2.59. The summed E-state index contributed by atoms with van der Waals surface area (Å²) in [5.41, 5.74) is 15.9. The second-order valence-corrected chi connectivity index (χ2v) is 22.1. The van der Waals surface area contributed by atoms with Gasteiger partial charge in [0.1, 0.15) is 35.2 Å². The molecule has 3 atom stereocenters. The first-order valence-corrected chi connectivity index (χ1v) is 24.5. The van der Waals surface area contributed by atoms with E-state index in [-0.39, 0.29) is 29.2 Å². The van der Waals surface area contributed by atoms with Gasteiger partial charge in [-0.05, 0) is 80.0 Å². The number of nitrogen functional groups attached to an aromatic ring is 1. The number of amides is 1. The largest absolute Gasteiger partial charge is 0.497 e. The maximum atomic E-state index is 13.4. The topological polar surface area (TPSA) is 181 Å². The van der Waals surface area contributed by atoms with Crippen LogP contribution in [0.25, 0.3) is 11.1 Å². The predicted octanol–water partition coefficient (Wildman–Crippen LogP) is 7.60. The third-order valence-corrected chi connectivity index (χ3v) is 18.2. The van der Waals surface area contributed by atoms with Crippen LogP contribution in [0, 0.1) is 0 Å². The minimum absolute atomic E-state index is 0.101. The van der Waals surface area contributed by atoms with Gasteiger partial charge >= 0.3 is 5.69 Å². The zero-order valence-corrected chi connectivity index (χ0v) is 39.6. The van der Waals surface area contributed by atoms with E-state index in [0.29, 0.717) is 13.0 Å². The van der Waals surface area contributed by atoms with Crippen LogP contribution in [0.4, 0.5) is 5.82 Å². The fraction of sp³-hybridized carbons (Fsp3) is 0.288. The van der Waals surface area contributed by atoms with Crippen molar-refractivity contribution in [2.75, 3.05) is 26.6 Å². The van der Waals surface area contributed by atoms with Crippen molar-refractivity contribution in [3.8, 4) is 22.6 Å². The van der Waals surface area contributed by atoms with E-state index in [1.165, 1.54) is 4.57 Å². The Morgan fingerprint density at radius 2 is 1.36 bits per heavy atom. The third kappa shape index (κ3) is 9.54. The van der Waals surface area contributed by atoms with Gasteiger partial charge in [-0.3, -0.25) is 9.36 Å². The quantitative estimate of drug-likeness (QED) is 0.0639. The molecule has 0 saturated carbocycles. The van der Waals surface area contributed by atoms with Crippen molar-refractivity contribution < 1.29 is 28.2 Å². The molecule has 0 aliphatic carbocycles. The second kappa shape index (κ2) is 19.9. The Balaban J connectivity index is 1.14. The zero-order chi connectivity index (χ0) is 47.3. The molecule has 1 aliphatic rings.